The number of nitrogens with zero attached hydrogens (tertiary/aromatic N) is 1. The molecular formula is C22H43N3O3S. The van der Waals surface area contributed by atoms with E-state index in [1.807, 2.05) is 7.05 Å². The van der Waals surface area contributed by atoms with Crippen molar-refractivity contribution in [2.24, 2.45) is 0 Å². The number of unbranched alkanes of at least 4 members (excludes halogenated alkanes) is 10. The predicted molar refractivity (Wildman–Crippen MR) is 123 cm³/mol. The maximum atomic E-state index is 11.7. The molecule has 0 heterocycles. The standard InChI is InChI=1S/C22H43N3O3S/c1-23-29-21-22(28)24-15-14-18-25(16-10-6-2-4-8-12-19-26)17-11-7-3-5-9-13-20-27/h19-20,23H,2-18,21H2,1H3,(H,24,28). The van der Waals surface area contributed by atoms with Crippen LogP contribution in [-0.2, 0) is 14.4 Å². The van der Waals surface area contributed by atoms with E-state index in [0.717, 1.165) is 70.9 Å². The van der Waals surface area contributed by atoms with Crippen LogP contribution in [0.2, 0.25) is 0 Å². The Morgan fingerprint density at radius 1 is 0.759 bits per heavy atom. The van der Waals surface area contributed by atoms with Gasteiger partial charge in [-0.2, -0.15) is 0 Å². The first-order valence-corrected chi connectivity index (χ1v) is 12.4. The molecule has 0 spiro atoms. The van der Waals surface area contributed by atoms with Gasteiger partial charge in [-0.05, 0) is 58.8 Å². The minimum absolute atomic E-state index is 0.0848. The van der Waals surface area contributed by atoms with Crippen molar-refractivity contribution >= 4 is 30.4 Å². The molecule has 0 saturated heterocycles. The second-order valence-electron chi connectivity index (χ2n) is 7.48. The summed E-state index contributed by atoms with van der Waals surface area (Å²) in [5.41, 5.74) is 0. The van der Waals surface area contributed by atoms with Crippen molar-refractivity contribution in [1.82, 2.24) is 14.9 Å². The quantitative estimate of drug-likeness (QED) is 0.146. The minimum atomic E-state index is 0.0848. The van der Waals surface area contributed by atoms with Crippen molar-refractivity contribution in [3.05, 3.63) is 0 Å². The molecule has 170 valence electrons. The van der Waals surface area contributed by atoms with Crippen molar-refractivity contribution in [2.75, 3.05) is 39.0 Å². The Hall–Kier alpha value is -0.920. The van der Waals surface area contributed by atoms with E-state index in [9.17, 15) is 14.4 Å². The molecule has 0 rings (SSSR count). The smallest absolute Gasteiger partial charge is 0.231 e. The van der Waals surface area contributed by atoms with Gasteiger partial charge in [0, 0.05) is 19.4 Å². The van der Waals surface area contributed by atoms with Gasteiger partial charge in [0.25, 0.3) is 0 Å². The SMILES string of the molecule is CNSCC(=O)NCCCN(CCCCCCCC=O)CCCCCCCC=O. The fourth-order valence-electron chi connectivity index (χ4n) is 3.24. The third-order valence-corrected chi connectivity index (χ3v) is 5.61. The van der Waals surface area contributed by atoms with E-state index < -0.39 is 0 Å². The molecular weight excluding hydrogens is 386 g/mol. The summed E-state index contributed by atoms with van der Waals surface area (Å²) in [6, 6.07) is 0. The lowest BCUT2D eigenvalue weighted by Crippen LogP contribution is -2.32. The molecule has 0 saturated carbocycles. The highest BCUT2D eigenvalue weighted by molar-refractivity contribution is 7.98. The molecule has 7 heteroatoms. The normalized spacial score (nSPS) is 11.0. The predicted octanol–water partition coefficient (Wildman–Crippen LogP) is 3.74. The summed E-state index contributed by atoms with van der Waals surface area (Å²) in [7, 11) is 1.82. The summed E-state index contributed by atoms with van der Waals surface area (Å²) in [5.74, 6) is 0.538. The topological polar surface area (TPSA) is 78.5 Å². The van der Waals surface area contributed by atoms with Crippen molar-refractivity contribution in [3.63, 3.8) is 0 Å². The van der Waals surface area contributed by atoms with Crippen LogP contribution in [-0.4, -0.2) is 62.4 Å². The van der Waals surface area contributed by atoms with Crippen LogP contribution in [0, 0.1) is 0 Å². The van der Waals surface area contributed by atoms with Crippen molar-refractivity contribution in [2.45, 2.75) is 83.5 Å². The molecule has 0 aliphatic carbocycles. The highest BCUT2D eigenvalue weighted by atomic mass is 32.2. The molecule has 0 aromatic heterocycles. The summed E-state index contributed by atoms with van der Waals surface area (Å²) in [6.07, 6.45) is 16.0. The number of amides is 1. The average molecular weight is 430 g/mol. The number of nitrogens with one attached hydrogen (secondary N) is 2. The largest absolute Gasteiger partial charge is 0.355 e. The second kappa shape index (κ2) is 23.4. The monoisotopic (exact) mass is 429 g/mol. The van der Waals surface area contributed by atoms with Gasteiger partial charge < -0.3 is 19.8 Å². The molecule has 0 atom stereocenters. The number of aldehydes is 2. The Morgan fingerprint density at radius 3 is 1.76 bits per heavy atom. The van der Waals surface area contributed by atoms with Crippen LogP contribution < -0.4 is 10.0 Å². The van der Waals surface area contributed by atoms with Crippen LogP contribution in [0.4, 0.5) is 0 Å². The lowest BCUT2D eigenvalue weighted by atomic mass is 10.1. The lowest BCUT2D eigenvalue weighted by molar-refractivity contribution is -0.118. The number of carbonyl (C=O) groups is 3. The van der Waals surface area contributed by atoms with E-state index >= 15 is 0 Å². The van der Waals surface area contributed by atoms with Crippen LogP contribution in [0.15, 0.2) is 0 Å². The minimum Gasteiger partial charge on any atom is -0.355 e. The molecule has 0 aliphatic rings. The van der Waals surface area contributed by atoms with Crippen LogP contribution in [0.5, 0.6) is 0 Å². The van der Waals surface area contributed by atoms with E-state index in [1.54, 1.807) is 0 Å². The summed E-state index contributed by atoms with van der Waals surface area (Å²) in [6.45, 7) is 3.98. The number of rotatable bonds is 23. The van der Waals surface area contributed by atoms with Gasteiger partial charge in [-0.25, -0.2) is 0 Å². The Morgan fingerprint density at radius 2 is 1.24 bits per heavy atom. The summed E-state index contributed by atoms with van der Waals surface area (Å²) < 4.78 is 2.91. The average Bonchev–Trinajstić information content (AvgIpc) is 2.73. The Labute approximate surface area is 182 Å². The maximum absolute atomic E-state index is 11.7. The zero-order valence-corrected chi connectivity index (χ0v) is 19.3. The Bertz CT molecular complexity index is 375. The lowest BCUT2D eigenvalue weighted by Gasteiger charge is -2.22. The third kappa shape index (κ3) is 21.6. The number of hydrogen-bond donors (Lipinski definition) is 2. The highest BCUT2D eigenvalue weighted by Gasteiger charge is 2.06. The molecule has 0 fully saturated rings. The van der Waals surface area contributed by atoms with Gasteiger partial charge in [0.05, 0.1) is 5.75 Å². The Balaban J connectivity index is 3.95. The van der Waals surface area contributed by atoms with Gasteiger partial charge in [-0.15, -0.1) is 0 Å². The van der Waals surface area contributed by atoms with Crippen LogP contribution >= 0.6 is 11.9 Å². The van der Waals surface area contributed by atoms with E-state index in [-0.39, 0.29) is 5.91 Å². The van der Waals surface area contributed by atoms with Crippen LogP contribution in [0.1, 0.15) is 83.5 Å². The highest BCUT2D eigenvalue weighted by Crippen LogP contribution is 2.09. The molecule has 1 amide bonds. The van der Waals surface area contributed by atoms with Gasteiger partial charge in [0.15, 0.2) is 0 Å². The van der Waals surface area contributed by atoms with Crippen molar-refractivity contribution in [3.8, 4) is 0 Å². The molecule has 0 bridgehead atoms. The maximum Gasteiger partial charge on any atom is 0.231 e. The van der Waals surface area contributed by atoms with E-state index in [1.165, 1.54) is 50.5 Å². The molecule has 2 N–H and O–H groups in total. The van der Waals surface area contributed by atoms with E-state index in [0.29, 0.717) is 18.6 Å². The summed E-state index contributed by atoms with van der Waals surface area (Å²) >= 11 is 1.41. The van der Waals surface area contributed by atoms with Gasteiger partial charge >= 0.3 is 0 Å². The van der Waals surface area contributed by atoms with Gasteiger partial charge in [0.1, 0.15) is 12.6 Å². The zero-order valence-electron chi connectivity index (χ0n) is 18.5. The molecule has 0 radical (unpaired) electrons. The Kier molecular flexibility index (Phi) is 22.6. The summed E-state index contributed by atoms with van der Waals surface area (Å²) in [4.78, 5) is 34.9. The summed E-state index contributed by atoms with van der Waals surface area (Å²) in [5, 5.41) is 2.98. The van der Waals surface area contributed by atoms with Crippen LogP contribution in [0.25, 0.3) is 0 Å². The zero-order chi connectivity index (χ0) is 21.4. The van der Waals surface area contributed by atoms with Gasteiger partial charge in [-0.3, -0.25) is 9.52 Å². The second-order valence-corrected chi connectivity index (χ2v) is 8.47. The molecule has 0 aliphatic heterocycles. The number of hydrogen-bond acceptors (Lipinski definition) is 6. The first kappa shape index (κ1) is 28.1. The van der Waals surface area contributed by atoms with Crippen molar-refractivity contribution in [1.29, 1.82) is 0 Å². The molecule has 0 aromatic rings. The van der Waals surface area contributed by atoms with Crippen molar-refractivity contribution < 1.29 is 14.4 Å². The van der Waals surface area contributed by atoms with Gasteiger partial charge in [0.2, 0.25) is 5.91 Å². The fraction of sp³-hybridized carbons (Fsp3) is 0.864. The molecule has 0 aromatic carbocycles. The number of carbonyl (C=O) groups excluding carboxylic acids is 3. The molecule has 6 nitrogen and oxygen atoms in total. The van der Waals surface area contributed by atoms with Gasteiger partial charge in [-0.1, -0.05) is 50.5 Å². The first-order chi connectivity index (χ1) is 14.2. The van der Waals surface area contributed by atoms with Crippen LogP contribution in [0.3, 0.4) is 0 Å². The third-order valence-electron chi connectivity index (χ3n) is 4.91. The van der Waals surface area contributed by atoms with E-state index in [4.69, 9.17) is 0 Å². The fourth-order valence-corrected chi connectivity index (χ4v) is 3.62. The van der Waals surface area contributed by atoms with E-state index in [2.05, 4.69) is 14.9 Å². The molecule has 29 heavy (non-hydrogen) atoms. The molecule has 0 unspecified atom stereocenters. The first-order valence-electron chi connectivity index (χ1n) is 11.4.